The van der Waals surface area contributed by atoms with Gasteiger partial charge in [-0.25, -0.2) is 0 Å². The van der Waals surface area contributed by atoms with Crippen molar-refractivity contribution >= 4 is 76.5 Å². The molecule has 5 aromatic carbocycles. The molecule has 42 heavy (non-hydrogen) atoms. The summed E-state index contributed by atoms with van der Waals surface area (Å²) in [5.41, 5.74) is 4.85. The topological polar surface area (TPSA) is 68.3 Å². The molecule has 2 atom stereocenters. The molecule has 4 nitrogen and oxygen atoms in total. The standard InChI is InChI=1S/C22H12O2.C8H6Br2.C6H4O2/c23-21-17-9-13-5-1-2-6-14(13)10-18(17)22(24)20-12-16-8-4-3-7-15(16)11-19(20)21;9-7-5-3-1-2-4-6(5)8(7)10;7-5-1-2-6(8)4-3-5/h1-12H;1-4,7-8H;1-4H/t;7-,8-;/m.1./s1. The van der Waals surface area contributed by atoms with Crippen molar-refractivity contribution in [3.05, 3.63) is 155 Å². The van der Waals surface area contributed by atoms with Crippen molar-refractivity contribution in [2.45, 2.75) is 9.65 Å². The number of halogens is 2. The first kappa shape index (κ1) is 27.9. The fourth-order valence-corrected chi connectivity index (χ4v) is 6.60. The Hall–Kier alpha value is -4.26. The molecule has 3 aliphatic carbocycles. The van der Waals surface area contributed by atoms with Gasteiger partial charge >= 0.3 is 0 Å². The van der Waals surface area contributed by atoms with Crippen molar-refractivity contribution in [1.82, 2.24) is 0 Å². The Labute approximate surface area is 259 Å². The minimum Gasteiger partial charge on any atom is -0.290 e. The summed E-state index contributed by atoms with van der Waals surface area (Å²) in [6.07, 6.45) is 5.01. The van der Waals surface area contributed by atoms with E-state index in [9.17, 15) is 19.2 Å². The fraction of sp³-hybridized carbons (Fsp3) is 0.0556. The lowest BCUT2D eigenvalue weighted by Gasteiger charge is -2.31. The summed E-state index contributed by atoms with van der Waals surface area (Å²) >= 11 is 7.15. The second-order valence-electron chi connectivity index (χ2n) is 10.1. The number of rotatable bonds is 0. The molecular formula is C36H22Br2O4. The summed E-state index contributed by atoms with van der Waals surface area (Å²) in [5, 5.41) is 3.89. The summed E-state index contributed by atoms with van der Waals surface area (Å²) < 4.78 is 0. The number of hydrogen-bond acceptors (Lipinski definition) is 4. The van der Waals surface area contributed by atoms with E-state index in [1.807, 2.05) is 72.8 Å². The first-order valence-corrected chi connectivity index (χ1v) is 15.1. The van der Waals surface area contributed by atoms with Gasteiger partial charge in [-0.15, -0.1) is 0 Å². The number of benzene rings is 5. The van der Waals surface area contributed by atoms with Crippen LogP contribution in [0.3, 0.4) is 0 Å². The molecule has 5 aromatic rings. The van der Waals surface area contributed by atoms with Crippen LogP contribution in [0, 0.1) is 0 Å². The van der Waals surface area contributed by atoms with Gasteiger partial charge in [0, 0.05) is 22.3 Å². The van der Waals surface area contributed by atoms with Crippen LogP contribution in [0.15, 0.2) is 121 Å². The van der Waals surface area contributed by atoms with Crippen molar-refractivity contribution in [3.8, 4) is 0 Å². The lowest BCUT2D eigenvalue weighted by atomic mass is 9.81. The van der Waals surface area contributed by atoms with Gasteiger partial charge in [0.2, 0.25) is 0 Å². The van der Waals surface area contributed by atoms with Crippen molar-refractivity contribution in [1.29, 1.82) is 0 Å². The Bertz CT molecular complexity index is 1750. The van der Waals surface area contributed by atoms with Gasteiger partial charge in [0.05, 0.1) is 9.65 Å². The van der Waals surface area contributed by atoms with Crippen molar-refractivity contribution in [2.24, 2.45) is 0 Å². The van der Waals surface area contributed by atoms with E-state index in [-0.39, 0.29) is 23.1 Å². The van der Waals surface area contributed by atoms with Gasteiger partial charge < -0.3 is 0 Å². The summed E-state index contributed by atoms with van der Waals surface area (Å²) in [5.74, 6) is -0.388. The molecule has 0 aromatic heterocycles. The van der Waals surface area contributed by atoms with E-state index >= 15 is 0 Å². The molecule has 204 valence electrons. The molecule has 0 bridgehead atoms. The van der Waals surface area contributed by atoms with Crippen LogP contribution in [0.2, 0.25) is 0 Å². The third-order valence-electron chi connectivity index (χ3n) is 7.42. The lowest BCUT2D eigenvalue weighted by molar-refractivity contribution is -0.113. The summed E-state index contributed by atoms with van der Waals surface area (Å²) in [6.45, 7) is 0. The number of carbonyl (C=O) groups is 4. The van der Waals surface area contributed by atoms with Crippen LogP contribution in [0.1, 0.15) is 52.6 Å². The van der Waals surface area contributed by atoms with Crippen molar-refractivity contribution < 1.29 is 19.2 Å². The number of fused-ring (bicyclic) bond motifs is 5. The molecule has 0 saturated heterocycles. The Balaban J connectivity index is 0.000000143. The largest absolute Gasteiger partial charge is 0.290 e. The second-order valence-corrected chi connectivity index (χ2v) is 12.0. The first-order valence-electron chi connectivity index (χ1n) is 13.3. The van der Waals surface area contributed by atoms with Crippen LogP contribution in [0.4, 0.5) is 0 Å². The van der Waals surface area contributed by atoms with E-state index in [0.717, 1.165) is 21.5 Å². The number of allylic oxidation sites excluding steroid dienone is 4. The molecule has 0 spiro atoms. The van der Waals surface area contributed by atoms with Gasteiger partial charge in [0.1, 0.15) is 0 Å². The molecule has 0 heterocycles. The summed E-state index contributed by atoms with van der Waals surface area (Å²) in [4.78, 5) is 47.6. The van der Waals surface area contributed by atoms with E-state index in [0.29, 0.717) is 31.9 Å². The monoisotopic (exact) mass is 676 g/mol. The van der Waals surface area contributed by atoms with Gasteiger partial charge in [-0.05, 0) is 81.2 Å². The molecule has 0 N–H and O–H groups in total. The highest BCUT2D eigenvalue weighted by Gasteiger charge is 2.33. The molecule has 8 rings (SSSR count). The van der Waals surface area contributed by atoms with Crippen LogP contribution in [-0.2, 0) is 9.59 Å². The summed E-state index contributed by atoms with van der Waals surface area (Å²) in [6, 6.07) is 31.4. The van der Waals surface area contributed by atoms with Gasteiger partial charge in [-0.1, -0.05) is 105 Å². The molecule has 0 aliphatic heterocycles. The van der Waals surface area contributed by atoms with Crippen LogP contribution in [0.25, 0.3) is 21.5 Å². The van der Waals surface area contributed by atoms with Gasteiger partial charge in [0.25, 0.3) is 0 Å². The van der Waals surface area contributed by atoms with E-state index in [1.165, 1.54) is 35.4 Å². The van der Waals surface area contributed by atoms with Crippen molar-refractivity contribution in [3.63, 3.8) is 0 Å². The molecular weight excluding hydrogens is 656 g/mol. The Morgan fingerprint density at radius 1 is 0.405 bits per heavy atom. The maximum Gasteiger partial charge on any atom is 0.194 e. The van der Waals surface area contributed by atoms with Crippen LogP contribution in [-0.4, -0.2) is 23.1 Å². The number of ketones is 4. The van der Waals surface area contributed by atoms with E-state index in [1.54, 1.807) is 0 Å². The average molecular weight is 678 g/mol. The summed E-state index contributed by atoms with van der Waals surface area (Å²) in [7, 11) is 0. The van der Waals surface area contributed by atoms with E-state index in [2.05, 4.69) is 56.1 Å². The minimum absolute atomic E-state index is 0.0730. The number of carbonyl (C=O) groups excluding carboxylic acids is 4. The third kappa shape index (κ3) is 5.24. The molecule has 0 unspecified atom stereocenters. The van der Waals surface area contributed by atoms with Gasteiger partial charge in [-0.2, -0.15) is 0 Å². The van der Waals surface area contributed by atoms with Crippen LogP contribution >= 0.6 is 31.9 Å². The zero-order valence-electron chi connectivity index (χ0n) is 22.1. The van der Waals surface area contributed by atoms with Crippen LogP contribution < -0.4 is 0 Å². The highest BCUT2D eigenvalue weighted by Crippen LogP contribution is 2.53. The predicted octanol–water partition coefficient (Wildman–Crippen LogP) is 8.59. The quantitative estimate of drug-likeness (QED) is 0.119. The normalized spacial score (nSPS) is 17.8. The smallest absolute Gasteiger partial charge is 0.194 e. The molecule has 0 fully saturated rings. The number of alkyl halides is 2. The molecule has 0 radical (unpaired) electrons. The highest BCUT2D eigenvalue weighted by atomic mass is 79.9. The lowest BCUT2D eigenvalue weighted by Crippen LogP contribution is -2.20. The van der Waals surface area contributed by atoms with E-state index in [4.69, 9.17) is 0 Å². The van der Waals surface area contributed by atoms with Crippen molar-refractivity contribution in [2.75, 3.05) is 0 Å². The van der Waals surface area contributed by atoms with E-state index < -0.39 is 0 Å². The fourth-order valence-electron chi connectivity index (χ4n) is 5.19. The van der Waals surface area contributed by atoms with Crippen LogP contribution in [0.5, 0.6) is 0 Å². The zero-order chi connectivity index (χ0) is 29.4. The molecule has 0 saturated carbocycles. The predicted molar refractivity (Wildman–Crippen MR) is 173 cm³/mol. The molecule has 3 aliphatic rings. The maximum atomic E-state index is 13.0. The maximum absolute atomic E-state index is 13.0. The zero-order valence-corrected chi connectivity index (χ0v) is 25.3. The Morgan fingerprint density at radius 3 is 0.952 bits per heavy atom. The average Bonchev–Trinajstić information content (AvgIpc) is 3.04. The highest BCUT2D eigenvalue weighted by molar-refractivity contribution is 9.12. The second kappa shape index (κ2) is 11.6. The third-order valence-corrected chi connectivity index (χ3v) is 10.2. The number of hydrogen-bond donors (Lipinski definition) is 0. The Kier molecular flexibility index (Phi) is 7.67. The minimum atomic E-state index is -0.121. The van der Waals surface area contributed by atoms with Gasteiger partial charge in [-0.3, -0.25) is 19.2 Å². The van der Waals surface area contributed by atoms with Gasteiger partial charge in [0.15, 0.2) is 23.1 Å². The SMILES string of the molecule is Br[C@@H]1c2ccccc2[C@H]1Br.O=C1C=CC(=O)C=C1.O=C1c2cc3ccccc3cc2C(=O)c2cc3ccccc3cc21. The molecule has 6 heteroatoms. The Morgan fingerprint density at radius 2 is 0.667 bits per heavy atom. The molecule has 0 amide bonds. The first-order chi connectivity index (χ1) is 20.3.